The van der Waals surface area contributed by atoms with E-state index in [1.54, 1.807) is 0 Å². The van der Waals surface area contributed by atoms with Gasteiger partial charge in [-0.25, -0.2) is 9.10 Å². The average molecular weight is 365 g/mol. The molecule has 0 aliphatic rings. The first-order chi connectivity index (χ1) is 9.82. The first-order valence-corrected chi connectivity index (χ1v) is 7.97. The molecule has 0 aliphatic carbocycles. The van der Waals surface area contributed by atoms with Gasteiger partial charge in [0.2, 0.25) is 0 Å². The zero-order chi connectivity index (χ0) is 17.3. The quantitative estimate of drug-likeness (QED) is 0.639. The number of rotatable bonds is 3. The molecule has 4 nitrogen and oxygen atoms in total. The number of benzene rings is 1. The molecule has 22 heavy (non-hydrogen) atoms. The van der Waals surface area contributed by atoms with Crippen LogP contribution in [0, 0.1) is 5.41 Å². The Morgan fingerprint density at radius 1 is 1.27 bits per heavy atom. The van der Waals surface area contributed by atoms with Gasteiger partial charge in [0.25, 0.3) is 0 Å². The van der Waals surface area contributed by atoms with Crippen LogP contribution in [0.4, 0.5) is 10.5 Å². The summed E-state index contributed by atoms with van der Waals surface area (Å²) in [4.78, 5) is 12.4. The Labute approximate surface area is 147 Å². The van der Waals surface area contributed by atoms with Crippen molar-refractivity contribution in [1.29, 1.82) is 0 Å². The van der Waals surface area contributed by atoms with E-state index in [2.05, 4.69) is 38.9 Å². The summed E-state index contributed by atoms with van der Waals surface area (Å²) in [5, 5.41) is 13.2. The number of aromatic hydroxyl groups is 1. The summed E-state index contributed by atoms with van der Waals surface area (Å²) in [6.45, 7) is 10.2. The van der Waals surface area contributed by atoms with E-state index in [1.807, 2.05) is 13.8 Å². The smallest absolute Gasteiger partial charge is 0.332 e. The summed E-state index contributed by atoms with van der Waals surface area (Å²) in [5.74, 6) is -0.246. The number of thiol groups is 1. The molecule has 0 unspecified atom stereocenters. The summed E-state index contributed by atoms with van der Waals surface area (Å²) in [7, 11) is 0. The van der Waals surface area contributed by atoms with Gasteiger partial charge >= 0.3 is 6.03 Å². The van der Waals surface area contributed by atoms with E-state index in [-0.39, 0.29) is 21.9 Å². The van der Waals surface area contributed by atoms with E-state index in [0.717, 1.165) is 10.7 Å². The number of anilines is 1. The molecular weight excluding hydrogens is 343 g/mol. The zero-order valence-electron chi connectivity index (χ0n) is 13.4. The van der Waals surface area contributed by atoms with Gasteiger partial charge < -0.3 is 10.4 Å². The van der Waals surface area contributed by atoms with Gasteiger partial charge in [0.1, 0.15) is 5.69 Å². The number of urea groups is 1. The van der Waals surface area contributed by atoms with Crippen LogP contribution in [0.3, 0.4) is 0 Å². The Morgan fingerprint density at radius 3 is 2.32 bits per heavy atom. The normalized spacial score (nSPS) is 12.2. The third kappa shape index (κ3) is 5.45. The number of phenolic OH excluding ortho intramolecular Hbond substituents is 1. The lowest BCUT2D eigenvalue weighted by atomic mass is 9.82. The molecule has 0 aliphatic heterocycles. The van der Waals surface area contributed by atoms with Gasteiger partial charge in [-0.15, -0.1) is 0 Å². The van der Waals surface area contributed by atoms with Crippen molar-refractivity contribution in [2.75, 3.05) is 4.31 Å². The lowest BCUT2D eigenvalue weighted by Crippen LogP contribution is -2.49. The molecule has 124 valence electrons. The molecule has 0 saturated heterocycles. The molecule has 2 N–H and O–H groups in total. The molecule has 1 aromatic carbocycles. The van der Waals surface area contributed by atoms with E-state index in [0.29, 0.717) is 5.02 Å². The SMILES string of the molecule is CC(C)(C)CC(C)(C)NC(=O)N(S)c1cc(Cl)cc(Cl)c1O. The molecule has 0 bridgehead atoms. The molecule has 0 fully saturated rings. The fourth-order valence-corrected chi connectivity index (χ4v) is 3.22. The van der Waals surface area contributed by atoms with Gasteiger partial charge in [0.15, 0.2) is 5.75 Å². The fraction of sp³-hybridized carbons (Fsp3) is 0.533. The first kappa shape index (κ1) is 19.3. The van der Waals surface area contributed by atoms with E-state index in [1.165, 1.54) is 12.1 Å². The number of nitrogens with zero attached hydrogens (tertiary/aromatic N) is 1. The highest BCUT2D eigenvalue weighted by molar-refractivity contribution is 7.82. The third-order valence-corrected chi connectivity index (χ3v) is 3.75. The third-order valence-electron chi connectivity index (χ3n) is 2.85. The summed E-state index contributed by atoms with van der Waals surface area (Å²) >= 11 is 15.9. The predicted octanol–water partition coefficient (Wildman–Crippen LogP) is 5.27. The molecule has 0 radical (unpaired) electrons. The van der Waals surface area contributed by atoms with Gasteiger partial charge in [0, 0.05) is 10.6 Å². The molecule has 0 spiro atoms. The van der Waals surface area contributed by atoms with Crippen LogP contribution in [0.1, 0.15) is 41.0 Å². The highest BCUT2D eigenvalue weighted by atomic mass is 35.5. The molecule has 0 heterocycles. The van der Waals surface area contributed by atoms with Gasteiger partial charge in [-0.3, -0.25) is 0 Å². The standard InChI is InChI=1S/C15H22Cl2N2O2S/c1-14(2,3)8-15(4,5)18-13(21)19(22)11-7-9(16)6-10(17)12(11)20/h6-7,20,22H,8H2,1-5H3,(H,18,21). The Bertz CT molecular complexity index is 571. The summed E-state index contributed by atoms with van der Waals surface area (Å²) < 4.78 is 0.998. The maximum atomic E-state index is 12.4. The predicted molar refractivity (Wildman–Crippen MR) is 96.3 cm³/mol. The lowest BCUT2D eigenvalue weighted by molar-refractivity contribution is 0.218. The number of amides is 2. The topological polar surface area (TPSA) is 52.6 Å². The summed E-state index contributed by atoms with van der Waals surface area (Å²) in [6.07, 6.45) is 0.773. The van der Waals surface area contributed by atoms with Crippen molar-refractivity contribution in [2.45, 2.75) is 46.6 Å². The van der Waals surface area contributed by atoms with Crippen molar-refractivity contribution in [3.63, 3.8) is 0 Å². The van der Waals surface area contributed by atoms with Crippen molar-refractivity contribution in [3.8, 4) is 5.75 Å². The number of phenols is 1. The number of carbonyl (C=O) groups excluding carboxylic acids is 1. The van der Waals surface area contributed by atoms with E-state index in [4.69, 9.17) is 23.2 Å². The highest BCUT2D eigenvalue weighted by Gasteiger charge is 2.29. The first-order valence-electron chi connectivity index (χ1n) is 6.81. The number of nitrogens with one attached hydrogen (secondary N) is 1. The van der Waals surface area contributed by atoms with Crippen LogP contribution in [-0.2, 0) is 0 Å². The van der Waals surface area contributed by atoms with Crippen molar-refractivity contribution in [2.24, 2.45) is 5.41 Å². The Balaban J connectivity index is 2.95. The van der Waals surface area contributed by atoms with Crippen molar-refractivity contribution < 1.29 is 9.90 Å². The molecule has 1 aromatic rings. The number of carbonyl (C=O) groups is 1. The minimum absolute atomic E-state index is 0.0553. The van der Waals surface area contributed by atoms with Crippen molar-refractivity contribution in [3.05, 3.63) is 22.2 Å². The van der Waals surface area contributed by atoms with Gasteiger partial charge in [-0.1, -0.05) is 56.8 Å². The monoisotopic (exact) mass is 364 g/mol. The average Bonchev–Trinajstić information content (AvgIpc) is 2.28. The number of halogens is 2. The van der Waals surface area contributed by atoms with E-state index < -0.39 is 11.6 Å². The van der Waals surface area contributed by atoms with Crippen LogP contribution in [0.5, 0.6) is 5.75 Å². The molecule has 7 heteroatoms. The second kappa shape index (κ2) is 6.77. The Hall–Kier alpha value is -0.780. The maximum absolute atomic E-state index is 12.4. The zero-order valence-corrected chi connectivity index (χ0v) is 15.8. The largest absolute Gasteiger partial charge is 0.504 e. The summed E-state index contributed by atoms with van der Waals surface area (Å²) in [6, 6.07) is 2.35. The van der Waals surface area contributed by atoms with E-state index in [9.17, 15) is 9.90 Å². The lowest BCUT2D eigenvalue weighted by Gasteiger charge is -2.34. The van der Waals surface area contributed by atoms with Crippen LogP contribution in [0.2, 0.25) is 10.0 Å². The van der Waals surface area contributed by atoms with Crippen LogP contribution >= 0.6 is 36.0 Å². The minimum Gasteiger partial charge on any atom is -0.504 e. The van der Waals surface area contributed by atoms with Crippen LogP contribution in [0.25, 0.3) is 0 Å². The molecule has 2 amide bonds. The van der Waals surface area contributed by atoms with Gasteiger partial charge in [-0.2, -0.15) is 0 Å². The van der Waals surface area contributed by atoms with Crippen molar-refractivity contribution >= 4 is 47.7 Å². The Kier molecular flexibility index (Phi) is 5.93. The number of hydrogen-bond acceptors (Lipinski definition) is 3. The molecule has 0 saturated carbocycles. The minimum atomic E-state index is -0.466. The van der Waals surface area contributed by atoms with Crippen LogP contribution in [0.15, 0.2) is 12.1 Å². The molecule has 0 atom stereocenters. The number of hydrogen-bond donors (Lipinski definition) is 3. The van der Waals surface area contributed by atoms with Crippen molar-refractivity contribution in [1.82, 2.24) is 5.32 Å². The van der Waals surface area contributed by atoms with Gasteiger partial charge in [0.05, 0.1) is 5.02 Å². The summed E-state index contributed by atoms with van der Waals surface area (Å²) in [5.41, 5.74) is -0.251. The molecule has 1 rings (SSSR count). The van der Waals surface area contributed by atoms with Crippen LogP contribution in [-0.4, -0.2) is 16.7 Å². The second-order valence-electron chi connectivity index (χ2n) is 7.12. The van der Waals surface area contributed by atoms with E-state index >= 15 is 0 Å². The van der Waals surface area contributed by atoms with Crippen LogP contribution < -0.4 is 9.62 Å². The second-order valence-corrected chi connectivity index (χ2v) is 8.36. The highest BCUT2D eigenvalue weighted by Crippen LogP contribution is 2.38. The molecule has 0 aromatic heterocycles. The van der Waals surface area contributed by atoms with Gasteiger partial charge in [-0.05, 0) is 37.8 Å². The Morgan fingerprint density at radius 2 is 1.82 bits per heavy atom. The molecular formula is C15H22Cl2N2O2S. The fourth-order valence-electron chi connectivity index (χ4n) is 2.54. The maximum Gasteiger partial charge on any atom is 0.332 e.